The van der Waals surface area contributed by atoms with Gasteiger partial charge in [0.25, 0.3) is 10.0 Å². The first-order valence-corrected chi connectivity index (χ1v) is 7.64. The standard InChI is InChI=1S/C10H17N3O3S2/c1-4-8-5-6-9(17-8)18(15,16)13(3)7(2)10(11)12-14/h5-7,14H,4H2,1-3H3,(H2,11,12). The van der Waals surface area contributed by atoms with Gasteiger partial charge in [0.15, 0.2) is 5.84 Å². The van der Waals surface area contributed by atoms with Gasteiger partial charge in [-0.15, -0.1) is 11.3 Å². The van der Waals surface area contributed by atoms with Gasteiger partial charge in [-0.1, -0.05) is 12.1 Å². The molecule has 0 saturated carbocycles. The maximum Gasteiger partial charge on any atom is 0.252 e. The molecular formula is C10H17N3O3S2. The zero-order valence-corrected chi connectivity index (χ0v) is 12.1. The molecule has 3 N–H and O–H groups in total. The first-order chi connectivity index (χ1) is 8.34. The maximum atomic E-state index is 12.3. The van der Waals surface area contributed by atoms with E-state index in [-0.39, 0.29) is 10.0 Å². The molecule has 0 aliphatic carbocycles. The van der Waals surface area contributed by atoms with Crippen LogP contribution in [0, 0.1) is 0 Å². The second kappa shape index (κ2) is 5.68. The normalized spacial score (nSPS) is 15.0. The Balaban J connectivity index is 3.06. The van der Waals surface area contributed by atoms with E-state index in [4.69, 9.17) is 10.9 Å². The molecule has 6 nitrogen and oxygen atoms in total. The molecule has 1 rings (SSSR count). The summed E-state index contributed by atoms with van der Waals surface area (Å²) in [7, 11) is -2.20. The van der Waals surface area contributed by atoms with E-state index >= 15 is 0 Å². The smallest absolute Gasteiger partial charge is 0.252 e. The summed E-state index contributed by atoms with van der Waals surface area (Å²) in [6.07, 6.45) is 0.791. The summed E-state index contributed by atoms with van der Waals surface area (Å²) >= 11 is 1.23. The summed E-state index contributed by atoms with van der Waals surface area (Å²) in [6.45, 7) is 3.52. The highest BCUT2D eigenvalue weighted by Crippen LogP contribution is 2.25. The quantitative estimate of drug-likeness (QED) is 0.367. The summed E-state index contributed by atoms with van der Waals surface area (Å²) in [5.41, 5.74) is 5.42. The van der Waals surface area contributed by atoms with E-state index in [1.54, 1.807) is 19.1 Å². The molecule has 1 aromatic heterocycles. The van der Waals surface area contributed by atoms with E-state index in [0.29, 0.717) is 0 Å². The van der Waals surface area contributed by atoms with Crippen molar-refractivity contribution in [3.8, 4) is 0 Å². The number of nitrogens with two attached hydrogens (primary N) is 1. The maximum absolute atomic E-state index is 12.3. The van der Waals surface area contributed by atoms with Crippen LogP contribution in [-0.4, -0.2) is 36.9 Å². The van der Waals surface area contributed by atoms with Crippen LogP contribution in [-0.2, 0) is 16.4 Å². The molecule has 0 spiro atoms. The van der Waals surface area contributed by atoms with Gasteiger partial charge in [-0.2, -0.15) is 4.31 Å². The number of nitrogens with zero attached hydrogens (tertiary/aromatic N) is 2. The van der Waals surface area contributed by atoms with Crippen molar-refractivity contribution in [3.05, 3.63) is 17.0 Å². The summed E-state index contributed by atoms with van der Waals surface area (Å²) in [4.78, 5) is 0.999. The molecule has 0 aliphatic rings. The Bertz CT molecular complexity index is 536. The molecule has 18 heavy (non-hydrogen) atoms. The van der Waals surface area contributed by atoms with E-state index in [1.165, 1.54) is 18.4 Å². The second-order valence-electron chi connectivity index (χ2n) is 3.80. The number of thiophene rings is 1. The molecule has 0 fully saturated rings. The number of amidine groups is 1. The Labute approximate surface area is 111 Å². The molecule has 1 atom stereocenters. The first-order valence-electron chi connectivity index (χ1n) is 5.38. The largest absolute Gasteiger partial charge is 0.409 e. The van der Waals surface area contributed by atoms with Crippen molar-refractivity contribution in [2.75, 3.05) is 7.05 Å². The van der Waals surface area contributed by atoms with Crippen molar-refractivity contribution in [2.45, 2.75) is 30.5 Å². The number of rotatable bonds is 5. The Morgan fingerprint density at radius 3 is 2.67 bits per heavy atom. The number of aryl methyl sites for hydroxylation is 1. The minimum atomic E-state index is -3.60. The average Bonchev–Trinajstić information content (AvgIpc) is 2.85. The lowest BCUT2D eigenvalue weighted by atomic mass is 10.3. The Kier molecular flexibility index (Phi) is 4.71. The fraction of sp³-hybridized carbons (Fsp3) is 0.500. The van der Waals surface area contributed by atoms with Crippen LogP contribution in [0.1, 0.15) is 18.7 Å². The van der Waals surface area contributed by atoms with E-state index in [9.17, 15) is 8.42 Å². The molecule has 0 aromatic carbocycles. The molecule has 1 aromatic rings. The number of hydrogen-bond donors (Lipinski definition) is 2. The molecule has 0 amide bonds. The summed E-state index contributed by atoms with van der Waals surface area (Å²) < 4.78 is 25.9. The van der Waals surface area contributed by atoms with Crippen LogP contribution < -0.4 is 5.73 Å². The van der Waals surface area contributed by atoms with Gasteiger partial charge < -0.3 is 10.9 Å². The molecule has 102 valence electrons. The minimum Gasteiger partial charge on any atom is -0.409 e. The molecule has 0 aliphatic heterocycles. The van der Waals surface area contributed by atoms with E-state index in [0.717, 1.165) is 15.6 Å². The second-order valence-corrected chi connectivity index (χ2v) is 7.19. The van der Waals surface area contributed by atoms with Crippen LogP contribution in [0.5, 0.6) is 0 Å². The monoisotopic (exact) mass is 291 g/mol. The highest BCUT2D eigenvalue weighted by atomic mass is 32.2. The van der Waals surface area contributed by atoms with Crippen molar-refractivity contribution < 1.29 is 13.6 Å². The fourth-order valence-corrected chi connectivity index (χ4v) is 4.12. The molecule has 1 unspecified atom stereocenters. The van der Waals surface area contributed by atoms with Gasteiger partial charge in [0, 0.05) is 11.9 Å². The van der Waals surface area contributed by atoms with Crippen molar-refractivity contribution in [3.63, 3.8) is 0 Å². The molecular weight excluding hydrogens is 274 g/mol. The van der Waals surface area contributed by atoms with Crippen molar-refractivity contribution in [1.29, 1.82) is 0 Å². The highest BCUT2D eigenvalue weighted by molar-refractivity contribution is 7.91. The van der Waals surface area contributed by atoms with E-state index in [2.05, 4.69) is 5.16 Å². The molecule has 0 bridgehead atoms. The summed E-state index contributed by atoms with van der Waals surface area (Å²) in [5.74, 6) is -0.145. The van der Waals surface area contributed by atoms with Crippen LogP contribution in [0.2, 0.25) is 0 Å². The fourth-order valence-electron chi connectivity index (χ4n) is 1.31. The Morgan fingerprint density at radius 2 is 2.22 bits per heavy atom. The SMILES string of the molecule is CCc1ccc(S(=O)(=O)N(C)C(C)C(N)=NO)s1. The van der Waals surface area contributed by atoms with Crippen molar-refractivity contribution >= 4 is 27.2 Å². The van der Waals surface area contributed by atoms with Gasteiger partial charge in [0.1, 0.15) is 4.21 Å². The van der Waals surface area contributed by atoms with Crippen LogP contribution >= 0.6 is 11.3 Å². The van der Waals surface area contributed by atoms with Gasteiger partial charge in [-0.25, -0.2) is 8.42 Å². The molecule has 0 radical (unpaired) electrons. The van der Waals surface area contributed by atoms with Gasteiger partial charge in [-0.05, 0) is 25.5 Å². The average molecular weight is 291 g/mol. The van der Waals surface area contributed by atoms with Gasteiger partial charge >= 0.3 is 0 Å². The molecule has 8 heteroatoms. The predicted octanol–water partition coefficient (Wildman–Crippen LogP) is 1.07. The van der Waals surface area contributed by atoms with Crippen molar-refractivity contribution in [1.82, 2.24) is 4.31 Å². The number of sulfonamides is 1. The van der Waals surface area contributed by atoms with Crippen molar-refractivity contribution in [2.24, 2.45) is 10.9 Å². The lowest BCUT2D eigenvalue weighted by Gasteiger charge is -2.22. The number of hydrogen-bond acceptors (Lipinski definition) is 5. The Hall–Kier alpha value is -1.12. The molecule has 1 heterocycles. The van der Waals surface area contributed by atoms with Crippen LogP contribution in [0.3, 0.4) is 0 Å². The van der Waals surface area contributed by atoms with Crippen LogP contribution in [0.25, 0.3) is 0 Å². The van der Waals surface area contributed by atoms with Gasteiger partial charge in [-0.3, -0.25) is 0 Å². The Morgan fingerprint density at radius 1 is 1.61 bits per heavy atom. The summed E-state index contributed by atoms with van der Waals surface area (Å²) in [5, 5.41) is 11.4. The highest BCUT2D eigenvalue weighted by Gasteiger charge is 2.28. The minimum absolute atomic E-state index is 0.145. The number of oxime groups is 1. The first kappa shape index (κ1) is 14.9. The van der Waals surface area contributed by atoms with Gasteiger partial charge in [0.2, 0.25) is 0 Å². The zero-order valence-electron chi connectivity index (χ0n) is 10.5. The van der Waals surface area contributed by atoms with E-state index in [1.807, 2.05) is 6.92 Å². The van der Waals surface area contributed by atoms with Crippen LogP contribution in [0.15, 0.2) is 21.5 Å². The lowest BCUT2D eigenvalue weighted by Crippen LogP contribution is -2.43. The van der Waals surface area contributed by atoms with E-state index < -0.39 is 16.1 Å². The number of likely N-dealkylation sites (N-methyl/N-ethyl adjacent to an activating group) is 1. The van der Waals surface area contributed by atoms with Gasteiger partial charge in [0.05, 0.1) is 6.04 Å². The third-order valence-corrected chi connectivity index (χ3v) is 6.33. The lowest BCUT2D eigenvalue weighted by molar-refractivity contribution is 0.311. The third kappa shape index (κ3) is 2.82. The summed E-state index contributed by atoms with van der Waals surface area (Å²) in [6, 6.07) is 2.67. The third-order valence-electron chi connectivity index (χ3n) is 2.71. The predicted molar refractivity (Wildman–Crippen MR) is 71.5 cm³/mol. The topological polar surface area (TPSA) is 96.0 Å². The van der Waals surface area contributed by atoms with Crippen LogP contribution in [0.4, 0.5) is 0 Å². The zero-order chi connectivity index (χ0) is 13.9. The molecule has 0 saturated heterocycles.